The zero-order valence-electron chi connectivity index (χ0n) is 35.2. The Bertz CT molecular complexity index is 2430. The molecule has 1 aliphatic carbocycles. The van der Waals surface area contributed by atoms with Crippen molar-refractivity contribution in [2.75, 3.05) is 26.3 Å². The number of carbonyl (C=O) groups excluding carboxylic acids is 6. The van der Waals surface area contributed by atoms with Crippen LogP contribution < -0.4 is 16.2 Å². The smallest absolute Gasteiger partial charge is 0.258 e. The van der Waals surface area contributed by atoms with Crippen LogP contribution >= 0.6 is 0 Å². The van der Waals surface area contributed by atoms with E-state index in [1.54, 1.807) is 11.5 Å². The Hall–Kier alpha value is -5.80. The van der Waals surface area contributed by atoms with Gasteiger partial charge >= 0.3 is 0 Å². The Morgan fingerprint density at radius 3 is 2.46 bits per heavy atom. The number of nitrogens with one attached hydrogen (secondary N) is 2. The zero-order chi connectivity index (χ0) is 43.7. The van der Waals surface area contributed by atoms with Crippen molar-refractivity contribution in [2.45, 2.75) is 104 Å². The summed E-state index contributed by atoms with van der Waals surface area (Å²) in [5.74, 6) is -2.51. The summed E-state index contributed by atoms with van der Waals surface area (Å²) in [4.78, 5) is 95.3. The van der Waals surface area contributed by atoms with E-state index in [2.05, 4.69) is 17.2 Å². The number of hydrogen-bond donors (Lipinski definition) is 3. The summed E-state index contributed by atoms with van der Waals surface area (Å²) in [6.45, 7) is 12.0. The van der Waals surface area contributed by atoms with Gasteiger partial charge in [-0.15, -0.1) is 0 Å². The highest BCUT2D eigenvalue weighted by atomic mass is 16.5. The molecule has 0 bridgehead atoms. The van der Waals surface area contributed by atoms with Crippen LogP contribution in [-0.4, -0.2) is 87.1 Å². The first-order valence-electron chi connectivity index (χ1n) is 21.1. The number of nitrogens with zero attached hydrogens (tertiary/aromatic N) is 3. The highest BCUT2D eigenvalue weighted by molar-refractivity contribution is 6.13. The minimum absolute atomic E-state index is 0.0105. The first-order chi connectivity index (χ1) is 29.1. The molecule has 1 aromatic carbocycles. The molecule has 3 aliphatic heterocycles. The lowest BCUT2D eigenvalue weighted by Crippen LogP contribution is -2.44. The fourth-order valence-corrected chi connectivity index (χ4v) is 8.89. The largest absolute Gasteiger partial charge is 0.490 e. The van der Waals surface area contributed by atoms with Gasteiger partial charge in [-0.1, -0.05) is 33.4 Å². The summed E-state index contributed by atoms with van der Waals surface area (Å²) < 4.78 is 12.9. The van der Waals surface area contributed by atoms with Crippen LogP contribution in [0.3, 0.4) is 0 Å². The molecule has 0 saturated carbocycles. The molecular weight excluding hydrogens is 783 g/mol. The molecular formula is C46H53N5O10. The van der Waals surface area contributed by atoms with Gasteiger partial charge in [0.2, 0.25) is 11.8 Å². The molecule has 3 aromatic rings. The summed E-state index contributed by atoms with van der Waals surface area (Å²) in [6, 6.07) is 4.92. The van der Waals surface area contributed by atoms with Gasteiger partial charge in [0, 0.05) is 73.4 Å². The van der Waals surface area contributed by atoms with Gasteiger partial charge in [0.25, 0.3) is 17.4 Å². The maximum atomic E-state index is 13.9. The van der Waals surface area contributed by atoms with Crippen LogP contribution in [0.4, 0.5) is 0 Å². The molecule has 0 saturated heterocycles. The number of amides is 4. The molecule has 61 heavy (non-hydrogen) atoms. The van der Waals surface area contributed by atoms with Crippen molar-refractivity contribution < 1.29 is 43.3 Å². The number of fused-ring (bicyclic) bond motifs is 5. The zero-order valence-corrected chi connectivity index (χ0v) is 35.2. The van der Waals surface area contributed by atoms with E-state index in [1.807, 2.05) is 39.0 Å². The predicted molar refractivity (Wildman–Crippen MR) is 224 cm³/mol. The van der Waals surface area contributed by atoms with Gasteiger partial charge in [-0.05, 0) is 67.3 Å². The van der Waals surface area contributed by atoms with E-state index in [0.29, 0.717) is 29.8 Å². The van der Waals surface area contributed by atoms with Crippen LogP contribution in [-0.2, 0) is 76.3 Å². The number of aryl methyl sites for hydroxylation is 2. The van der Waals surface area contributed by atoms with Crippen LogP contribution in [0.2, 0.25) is 0 Å². The minimum atomic E-state index is -1.47. The van der Waals surface area contributed by atoms with Crippen LogP contribution in [0.5, 0.6) is 0 Å². The van der Waals surface area contributed by atoms with E-state index >= 15 is 0 Å². The molecule has 5 heterocycles. The standard InChI is InChI=1S/C46H53N5O10/c1-6-46(59)27(5)61-24-34-35(46)22-37-43-33(23-51(37)45(34)58)31-9-7-8-30-28(10-11-36(49-43)42(30)31)20-38(53)26(4)48-44(57)32(25(2)3)21-29(52)15-18-60-19-16-47-39(54)14-17-50-40(55)12-13-41(50)56/h10-13,22,25-26,32,59H,5-9,14-21,23-24H2,1-4H3,(H,47,54)(H,48,57)/t26-,32-,46+/m0/s1. The number of pyridine rings is 2. The summed E-state index contributed by atoms with van der Waals surface area (Å²) in [7, 11) is 0. The van der Waals surface area contributed by atoms with Gasteiger partial charge < -0.3 is 29.8 Å². The topological polar surface area (TPSA) is 203 Å². The summed E-state index contributed by atoms with van der Waals surface area (Å²) >= 11 is 0. The normalized spacial score (nSPS) is 18.5. The van der Waals surface area contributed by atoms with Crippen molar-refractivity contribution in [1.82, 2.24) is 25.1 Å². The van der Waals surface area contributed by atoms with E-state index in [1.165, 1.54) is 0 Å². The average molecular weight is 836 g/mol. The molecule has 0 fully saturated rings. The third-order valence-electron chi connectivity index (χ3n) is 12.5. The molecule has 4 amide bonds. The number of hydrogen-bond acceptors (Lipinski definition) is 11. The van der Waals surface area contributed by atoms with E-state index in [0.717, 1.165) is 75.2 Å². The number of rotatable bonds is 18. The Kier molecular flexibility index (Phi) is 12.5. The van der Waals surface area contributed by atoms with Gasteiger partial charge in [-0.3, -0.25) is 38.5 Å². The third-order valence-corrected chi connectivity index (χ3v) is 12.5. The lowest BCUT2D eigenvalue weighted by Gasteiger charge is -2.35. The van der Waals surface area contributed by atoms with E-state index in [-0.39, 0.29) is 99.2 Å². The van der Waals surface area contributed by atoms with Crippen LogP contribution in [0.25, 0.3) is 22.3 Å². The number of ketones is 2. The Labute approximate surface area is 353 Å². The second-order valence-corrected chi connectivity index (χ2v) is 16.7. The van der Waals surface area contributed by atoms with Crippen molar-refractivity contribution in [3.8, 4) is 11.4 Å². The van der Waals surface area contributed by atoms with Gasteiger partial charge in [0.05, 0.1) is 48.3 Å². The second kappa shape index (κ2) is 17.7. The number of Topliss-reactive ketones (excluding diaryl/α,β-unsaturated/α-hetero) is 2. The Balaban J connectivity index is 0.939. The van der Waals surface area contributed by atoms with Gasteiger partial charge in [-0.2, -0.15) is 0 Å². The number of ether oxygens (including phenoxy) is 2. The monoisotopic (exact) mass is 835 g/mol. The summed E-state index contributed by atoms with van der Waals surface area (Å²) in [5.41, 5.74) is 5.43. The molecule has 2 aromatic heterocycles. The van der Waals surface area contributed by atoms with E-state index in [9.17, 15) is 38.7 Å². The van der Waals surface area contributed by atoms with Gasteiger partial charge in [0.1, 0.15) is 23.8 Å². The van der Waals surface area contributed by atoms with E-state index in [4.69, 9.17) is 14.5 Å². The quantitative estimate of drug-likeness (QED) is 0.0981. The molecule has 4 aliphatic rings. The predicted octanol–water partition coefficient (Wildman–Crippen LogP) is 3.24. The molecule has 15 nitrogen and oxygen atoms in total. The molecule has 0 spiro atoms. The number of imide groups is 1. The van der Waals surface area contributed by atoms with Crippen LogP contribution in [0, 0.1) is 11.8 Å². The minimum Gasteiger partial charge on any atom is -0.490 e. The lowest BCUT2D eigenvalue weighted by atomic mass is 9.83. The first kappa shape index (κ1) is 43.3. The van der Waals surface area contributed by atoms with Crippen LogP contribution in [0.15, 0.2) is 47.5 Å². The van der Waals surface area contributed by atoms with Crippen molar-refractivity contribution in [1.29, 1.82) is 0 Å². The molecule has 15 heteroatoms. The summed E-state index contributed by atoms with van der Waals surface area (Å²) in [6.07, 6.45) is 5.19. The van der Waals surface area contributed by atoms with Crippen molar-refractivity contribution in [3.05, 3.63) is 86.4 Å². The number of carbonyl (C=O) groups is 6. The maximum Gasteiger partial charge on any atom is 0.258 e. The fraction of sp³-hybridized carbons (Fsp3) is 0.478. The molecule has 0 radical (unpaired) electrons. The van der Waals surface area contributed by atoms with Crippen molar-refractivity contribution in [3.63, 3.8) is 0 Å². The number of benzene rings is 1. The maximum absolute atomic E-state index is 13.9. The molecule has 3 atom stereocenters. The van der Waals surface area contributed by atoms with Gasteiger partial charge in [-0.25, -0.2) is 4.98 Å². The number of aliphatic hydroxyl groups is 1. The molecule has 322 valence electrons. The Morgan fingerprint density at radius 2 is 1.74 bits per heavy atom. The molecule has 0 unspecified atom stereocenters. The average Bonchev–Trinajstić information content (AvgIpc) is 3.77. The lowest BCUT2D eigenvalue weighted by molar-refractivity contribution is -0.137. The van der Waals surface area contributed by atoms with Crippen molar-refractivity contribution >= 4 is 46.1 Å². The van der Waals surface area contributed by atoms with Crippen molar-refractivity contribution in [2.24, 2.45) is 11.8 Å². The fourth-order valence-electron chi connectivity index (χ4n) is 8.89. The highest BCUT2D eigenvalue weighted by Gasteiger charge is 2.42. The first-order valence-corrected chi connectivity index (χ1v) is 21.1. The SMILES string of the molecule is C=C1OCc2c(cc3n(c2=O)Cc2c-3nc3ccc(CC(=O)[C@H](C)NC(=O)[C@@H](CC(=O)CCOCCNC(=O)CCN4C(=O)C=CC4=O)C(C)C)c4c3c2CCC4)[C@@]1(O)CC. The van der Waals surface area contributed by atoms with Crippen LogP contribution in [0.1, 0.15) is 93.2 Å². The van der Waals surface area contributed by atoms with E-state index < -0.39 is 29.4 Å². The number of aromatic nitrogens is 2. The second-order valence-electron chi connectivity index (χ2n) is 16.7. The highest BCUT2D eigenvalue weighted by Crippen LogP contribution is 2.44. The Morgan fingerprint density at radius 1 is 1.00 bits per heavy atom. The molecule has 3 N–H and O–H groups in total. The van der Waals surface area contributed by atoms with Gasteiger partial charge in [0.15, 0.2) is 5.78 Å². The third kappa shape index (κ3) is 8.45. The summed E-state index contributed by atoms with van der Waals surface area (Å²) in [5, 5.41) is 18.0. The molecule has 7 rings (SSSR count).